The summed E-state index contributed by atoms with van der Waals surface area (Å²) in [6.07, 6.45) is 0. The van der Waals surface area contributed by atoms with Gasteiger partial charge in [0.2, 0.25) is 11.7 Å². The highest BCUT2D eigenvalue weighted by atomic mass is 19.1. The number of ether oxygens (including phenoxy) is 2. The number of hydrogen-bond acceptors (Lipinski definition) is 6. The van der Waals surface area contributed by atoms with Gasteiger partial charge < -0.3 is 19.3 Å². The molecule has 1 aromatic heterocycles. The lowest BCUT2D eigenvalue weighted by Crippen LogP contribution is -2.19. The molecule has 0 saturated heterocycles. The Labute approximate surface area is 149 Å². The van der Waals surface area contributed by atoms with Crippen molar-refractivity contribution >= 4 is 0 Å². The van der Waals surface area contributed by atoms with Gasteiger partial charge in [-0.2, -0.15) is 4.98 Å². The first kappa shape index (κ1) is 16.5. The molecule has 1 N–H and O–H groups in total. The van der Waals surface area contributed by atoms with Crippen molar-refractivity contribution in [3.63, 3.8) is 0 Å². The molecule has 1 atom stereocenters. The number of hydrogen-bond donors (Lipinski definition) is 1. The minimum atomic E-state index is -0.299. The second kappa shape index (κ2) is 7.13. The molecule has 1 aliphatic rings. The third-order valence-corrected chi connectivity index (χ3v) is 4.20. The van der Waals surface area contributed by atoms with Gasteiger partial charge in [-0.25, -0.2) is 4.39 Å². The van der Waals surface area contributed by atoms with Crippen LogP contribution in [0, 0.1) is 5.82 Å². The van der Waals surface area contributed by atoms with Gasteiger partial charge in [-0.3, -0.25) is 0 Å². The van der Waals surface area contributed by atoms with Crippen LogP contribution in [0.25, 0.3) is 11.4 Å². The van der Waals surface area contributed by atoms with Crippen LogP contribution < -0.4 is 14.8 Å². The third kappa shape index (κ3) is 3.52. The highest BCUT2D eigenvalue weighted by Crippen LogP contribution is 2.32. The van der Waals surface area contributed by atoms with Crippen molar-refractivity contribution in [1.82, 2.24) is 15.5 Å². The molecule has 0 saturated carbocycles. The van der Waals surface area contributed by atoms with Crippen LogP contribution in [0.15, 0.2) is 47.0 Å². The summed E-state index contributed by atoms with van der Waals surface area (Å²) < 4.78 is 29.4. The van der Waals surface area contributed by atoms with Crippen molar-refractivity contribution in [2.75, 3.05) is 13.2 Å². The van der Waals surface area contributed by atoms with Crippen LogP contribution in [0.1, 0.15) is 24.4 Å². The van der Waals surface area contributed by atoms with Crippen molar-refractivity contribution in [2.45, 2.75) is 19.5 Å². The maximum absolute atomic E-state index is 13.0. The Balaban J connectivity index is 1.40. The van der Waals surface area contributed by atoms with E-state index in [0.717, 1.165) is 17.1 Å². The predicted molar refractivity (Wildman–Crippen MR) is 92.4 cm³/mol. The number of aromatic nitrogens is 2. The lowest BCUT2D eigenvalue weighted by Gasteiger charge is -2.20. The molecule has 0 fully saturated rings. The maximum Gasteiger partial charge on any atom is 0.240 e. The molecule has 7 heteroatoms. The lowest BCUT2D eigenvalue weighted by molar-refractivity contribution is 0.171. The minimum absolute atomic E-state index is 0.0620. The van der Waals surface area contributed by atoms with Crippen LogP contribution in [-0.4, -0.2) is 23.4 Å². The number of benzene rings is 2. The zero-order chi connectivity index (χ0) is 17.9. The summed E-state index contributed by atoms with van der Waals surface area (Å²) in [6.45, 7) is 3.60. The van der Waals surface area contributed by atoms with Gasteiger partial charge in [0.05, 0.1) is 6.54 Å². The average Bonchev–Trinajstić information content (AvgIpc) is 3.15. The molecule has 0 amide bonds. The first-order valence-electron chi connectivity index (χ1n) is 8.40. The molecule has 2 heterocycles. The highest BCUT2D eigenvalue weighted by Gasteiger charge is 2.15. The fraction of sp³-hybridized carbons (Fsp3) is 0.263. The Hall–Kier alpha value is -2.93. The zero-order valence-electron chi connectivity index (χ0n) is 14.2. The van der Waals surface area contributed by atoms with Gasteiger partial charge in [-0.15, -0.1) is 0 Å². The van der Waals surface area contributed by atoms with E-state index in [1.54, 1.807) is 12.1 Å². The van der Waals surface area contributed by atoms with Crippen LogP contribution in [-0.2, 0) is 6.54 Å². The largest absolute Gasteiger partial charge is 0.486 e. The summed E-state index contributed by atoms with van der Waals surface area (Å²) in [5.74, 6) is 2.14. The summed E-state index contributed by atoms with van der Waals surface area (Å²) in [7, 11) is 0. The van der Waals surface area contributed by atoms with Crippen molar-refractivity contribution in [2.24, 2.45) is 0 Å². The summed E-state index contributed by atoms with van der Waals surface area (Å²) in [6, 6.07) is 11.9. The van der Waals surface area contributed by atoms with Gasteiger partial charge in [0.25, 0.3) is 0 Å². The van der Waals surface area contributed by atoms with Gasteiger partial charge in [0.1, 0.15) is 19.0 Å². The van der Waals surface area contributed by atoms with E-state index in [0.29, 0.717) is 37.0 Å². The second-order valence-corrected chi connectivity index (χ2v) is 6.02. The summed E-state index contributed by atoms with van der Waals surface area (Å²) in [4.78, 5) is 4.34. The SMILES string of the molecule is CC(NCc1nc(-c2ccc(F)cc2)no1)c1ccc2c(c1)OCCO2. The van der Waals surface area contributed by atoms with Crippen molar-refractivity contribution in [3.8, 4) is 22.9 Å². The van der Waals surface area contributed by atoms with Crippen LogP contribution >= 0.6 is 0 Å². The molecular weight excluding hydrogens is 337 g/mol. The normalized spacial score (nSPS) is 14.2. The molecule has 4 rings (SSSR count). The van der Waals surface area contributed by atoms with Gasteiger partial charge >= 0.3 is 0 Å². The van der Waals surface area contributed by atoms with Crippen LogP contribution in [0.3, 0.4) is 0 Å². The highest BCUT2D eigenvalue weighted by molar-refractivity contribution is 5.53. The van der Waals surface area contributed by atoms with Gasteiger partial charge in [-0.05, 0) is 48.9 Å². The van der Waals surface area contributed by atoms with E-state index in [4.69, 9.17) is 14.0 Å². The van der Waals surface area contributed by atoms with E-state index in [-0.39, 0.29) is 11.9 Å². The van der Waals surface area contributed by atoms with E-state index in [2.05, 4.69) is 15.5 Å². The third-order valence-electron chi connectivity index (χ3n) is 4.20. The first-order chi connectivity index (χ1) is 12.7. The fourth-order valence-corrected chi connectivity index (χ4v) is 2.73. The Morgan fingerprint density at radius 2 is 1.85 bits per heavy atom. The zero-order valence-corrected chi connectivity index (χ0v) is 14.2. The molecule has 0 aliphatic carbocycles. The molecule has 1 unspecified atom stereocenters. The van der Waals surface area contributed by atoms with Crippen molar-refractivity contribution in [3.05, 3.63) is 59.7 Å². The van der Waals surface area contributed by atoms with Gasteiger partial charge in [-0.1, -0.05) is 11.2 Å². The molecule has 6 nitrogen and oxygen atoms in total. The van der Waals surface area contributed by atoms with Crippen molar-refractivity contribution in [1.29, 1.82) is 0 Å². The molecule has 1 aliphatic heterocycles. The standard InChI is InChI=1S/C19H18FN3O3/c1-12(14-4-7-16-17(10-14)25-9-8-24-16)21-11-18-22-19(23-26-18)13-2-5-15(20)6-3-13/h2-7,10,12,21H,8-9,11H2,1H3. The number of nitrogens with zero attached hydrogens (tertiary/aromatic N) is 2. The topological polar surface area (TPSA) is 69.4 Å². The minimum Gasteiger partial charge on any atom is -0.486 e. The van der Waals surface area contributed by atoms with E-state index in [1.165, 1.54) is 12.1 Å². The Morgan fingerprint density at radius 3 is 2.65 bits per heavy atom. The van der Waals surface area contributed by atoms with E-state index in [9.17, 15) is 4.39 Å². The summed E-state index contributed by atoms with van der Waals surface area (Å²) in [5.41, 5.74) is 1.79. The van der Waals surface area contributed by atoms with Crippen LogP contribution in [0.4, 0.5) is 4.39 Å². The van der Waals surface area contributed by atoms with E-state index in [1.807, 2.05) is 25.1 Å². The second-order valence-electron chi connectivity index (χ2n) is 6.02. The number of fused-ring (bicyclic) bond motifs is 1. The maximum atomic E-state index is 13.0. The van der Waals surface area contributed by atoms with Gasteiger partial charge in [0.15, 0.2) is 11.5 Å². The predicted octanol–water partition coefficient (Wildman–Crippen LogP) is 3.50. The Kier molecular flexibility index (Phi) is 4.53. The first-order valence-corrected chi connectivity index (χ1v) is 8.40. The van der Waals surface area contributed by atoms with Crippen molar-refractivity contribution < 1.29 is 18.4 Å². The average molecular weight is 355 g/mol. The van der Waals surface area contributed by atoms with Crippen LogP contribution in [0.2, 0.25) is 0 Å². The van der Waals surface area contributed by atoms with E-state index < -0.39 is 0 Å². The number of nitrogens with one attached hydrogen (secondary N) is 1. The lowest BCUT2D eigenvalue weighted by atomic mass is 10.1. The number of halogens is 1. The molecule has 2 aromatic carbocycles. The number of rotatable bonds is 5. The Morgan fingerprint density at radius 1 is 1.08 bits per heavy atom. The summed E-state index contributed by atoms with van der Waals surface area (Å²) in [5, 5.41) is 7.28. The Bertz CT molecular complexity index is 895. The monoisotopic (exact) mass is 355 g/mol. The smallest absolute Gasteiger partial charge is 0.240 e. The molecule has 0 spiro atoms. The molecule has 0 radical (unpaired) electrons. The molecule has 134 valence electrons. The molecule has 3 aromatic rings. The molecular formula is C19H18FN3O3. The molecule has 26 heavy (non-hydrogen) atoms. The summed E-state index contributed by atoms with van der Waals surface area (Å²) >= 11 is 0. The fourth-order valence-electron chi connectivity index (χ4n) is 2.73. The van der Waals surface area contributed by atoms with Crippen LogP contribution in [0.5, 0.6) is 11.5 Å². The molecule has 0 bridgehead atoms. The quantitative estimate of drug-likeness (QED) is 0.755. The van der Waals surface area contributed by atoms with Gasteiger partial charge in [0, 0.05) is 11.6 Å². The van der Waals surface area contributed by atoms with E-state index >= 15 is 0 Å².